The zero-order valence-corrected chi connectivity index (χ0v) is 22.8. The lowest BCUT2D eigenvalue weighted by atomic mass is 10.1. The van der Waals surface area contributed by atoms with Gasteiger partial charge in [-0.25, -0.2) is 8.42 Å². The molecule has 8 nitrogen and oxygen atoms in total. The minimum absolute atomic E-state index is 0.0400. The van der Waals surface area contributed by atoms with Crippen LogP contribution in [0.1, 0.15) is 45.6 Å². The van der Waals surface area contributed by atoms with Crippen LogP contribution in [0.5, 0.6) is 5.75 Å². The molecular formula is C27H39N3O5S. The Balaban J connectivity index is 2.18. The van der Waals surface area contributed by atoms with Gasteiger partial charge in [0.25, 0.3) is 0 Å². The highest BCUT2D eigenvalue weighted by Gasteiger charge is 2.29. The number of amides is 2. The largest absolute Gasteiger partial charge is 0.495 e. The maximum absolute atomic E-state index is 13.4. The monoisotopic (exact) mass is 517 g/mol. The van der Waals surface area contributed by atoms with Crippen LogP contribution < -0.4 is 14.4 Å². The summed E-state index contributed by atoms with van der Waals surface area (Å²) < 4.78 is 31.7. The first-order valence-electron chi connectivity index (χ1n) is 12.3. The van der Waals surface area contributed by atoms with Crippen molar-refractivity contribution in [2.24, 2.45) is 0 Å². The number of anilines is 1. The minimum Gasteiger partial charge on any atom is -0.495 e. The lowest BCUT2D eigenvalue weighted by Gasteiger charge is -2.31. The first-order chi connectivity index (χ1) is 17.1. The number of methoxy groups -OCH3 is 1. The third kappa shape index (κ3) is 8.55. The number of sulfonamides is 1. The molecule has 1 N–H and O–H groups in total. The zero-order valence-electron chi connectivity index (χ0n) is 21.9. The van der Waals surface area contributed by atoms with Gasteiger partial charge in [0, 0.05) is 25.6 Å². The van der Waals surface area contributed by atoms with Gasteiger partial charge in [0.05, 0.1) is 19.1 Å². The third-order valence-electron chi connectivity index (χ3n) is 5.81. The van der Waals surface area contributed by atoms with Gasteiger partial charge in [-0.2, -0.15) is 0 Å². The van der Waals surface area contributed by atoms with Gasteiger partial charge in [0.1, 0.15) is 11.8 Å². The van der Waals surface area contributed by atoms with Crippen molar-refractivity contribution in [1.82, 2.24) is 10.2 Å². The van der Waals surface area contributed by atoms with E-state index < -0.39 is 16.1 Å². The summed E-state index contributed by atoms with van der Waals surface area (Å²) >= 11 is 0. The van der Waals surface area contributed by atoms with Gasteiger partial charge >= 0.3 is 0 Å². The number of carbonyl (C=O) groups excluding carboxylic acids is 2. The van der Waals surface area contributed by atoms with Crippen LogP contribution in [0.25, 0.3) is 0 Å². The van der Waals surface area contributed by atoms with E-state index in [1.807, 2.05) is 51.1 Å². The summed E-state index contributed by atoms with van der Waals surface area (Å²) in [4.78, 5) is 27.9. The molecule has 0 saturated carbocycles. The molecule has 0 unspecified atom stereocenters. The second-order valence-electron chi connectivity index (χ2n) is 9.02. The Morgan fingerprint density at radius 2 is 1.64 bits per heavy atom. The SMILES string of the molecule is CC[C@@H](C(=O)NC(C)C)N(CCc1ccccc1)C(=O)CCCN(c1ccccc1OC)S(C)(=O)=O. The molecule has 0 spiro atoms. The van der Waals surface area contributed by atoms with E-state index in [-0.39, 0.29) is 30.8 Å². The Labute approximate surface area is 215 Å². The number of nitrogens with zero attached hydrogens (tertiary/aromatic N) is 2. The van der Waals surface area contributed by atoms with E-state index in [0.717, 1.165) is 11.8 Å². The number of carbonyl (C=O) groups is 2. The van der Waals surface area contributed by atoms with Crippen LogP contribution in [0, 0.1) is 0 Å². The van der Waals surface area contributed by atoms with Crippen LogP contribution in [-0.2, 0) is 26.0 Å². The fourth-order valence-corrected chi connectivity index (χ4v) is 5.06. The molecule has 2 aromatic carbocycles. The van der Waals surface area contributed by atoms with E-state index in [0.29, 0.717) is 37.2 Å². The van der Waals surface area contributed by atoms with E-state index in [2.05, 4.69) is 5.32 Å². The molecule has 0 fully saturated rings. The first-order valence-corrected chi connectivity index (χ1v) is 14.2. The predicted molar refractivity (Wildman–Crippen MR) is 144 cm³/mol. The Morgan fingerprint density at radius 3 is 2.22 bits per heavy atom. The molecule has 0 aromatic heterocycles. The van der Waals surface area contributed by atoms with Crippen LogP contribution in [0.15, 0.2) is 54.6 Å². The molecule has 9 heteroatoms. The topological polar surface area (TPSA) is 96.0 Å². The lowest BCUT2D eigenvalue weighted by molar-refractivity contribution is -0.141. The van der Waals surface area contributed by atoms with Crippen molar-refractivity contribution in [3.8, 4) is 5.75 Å². The van der Waals surface area contributed by atoms with Crippen molar-refractivity contribution in [3.05, 3.63) is 60.2 Å². The number of hydrogen-bond donors (Lipinski definition) is 1. The molecule has 0 heterocycles. The average Bonchev–Trinajstić information content (AvgIpc) is 2.83. The summed E-state index contributed by atoms with van der Waals surface area (Å²) in [5.41, 5.74) is 1.51. The molecule has 198 valence electrons. The summed E-state index contributed by atoms with van der Waals surface area (Å²) in [5, 5.41) is 2.92. The number of nitrogens with one attached hydrogen (secondary N) is 1. The van der Waals surface area contributed by atoms with Gasteiger partial charge in [-0.1, -0.05) is 49.4 Å². The van der Waals surface area contributed by atoms with Crippen LogP contribution in [0.2, 0.25) is 0 Å². The summed E-state index contributed by atoms with van der Waals surface area (Å²) in [6.07, 6.45) is 2.65. The summed E-state index contributed by atoms with van der Waals surface area (Å²) in [6.45, 7) is 6.18. The molecule has 2 rings (SSSR count). The summed E-state index contributed by atoms with van der Waals surface area (Å²) in [6, 6.07) is 16.1. The second kappa shape index (κ2) is 13.9. The van der Waals surface area contributed by atoms with E-state index in [1.165, 1.54) is 11.4 Å². The highest BCUT2D eigenvalue weighted by molar-refractivity contribution is 7.92. The lowest BCUT2D eigenvalue weighted by Crippen LogP contribution is -2.51. The Hall–Kier alpha value is -3.07. The number of benzene rings is 2. The van der Waals surface area contributed by atoms with E-state index in [4.69, 9.17) is 4.74 Å². The van der Waals surface area contributed by atoms with Crippen molar-refractivity contribution in [2.45, 2.75) is 58.5 Å². The van der Waals surface area contributed by atoms with Gasteiger partial charge in [-0.05, 0) is 50.8 Å². The fraction of sp³-hybridized carbons (Fsp3) is 0.481. The Morgan fingerprint density at radius 1 is 1.00 bits per heavy atom. The third-order valence-corrected chi connectivity index (χ3v) is 6.99. The molecular weight excluding hydrogens is 478 g/mol. The van der Waals surface area contributed by atoms with E-state index >= 15 is 0 Å². The molecule has 0 aliphatic heterocycles. The normalized spacial score (nSPS) is 12.2. The number of ether oxygens (including phenoxy) is 1. The molecule has 36 heavy (non-hydrogen) atoms. The summed E-state index contributed by atoms with van der Waals surface area (Å²) in [7, 11) is -2.11. The predicted octanol–water partition coefficient (Wildman–Crippen LogP) is 3.62. The standard InChI is InChI=1S/C27H39N3O5S/c1-6-23(27(32)28-21(2)3)29(20-18-22-13-8-7-9-14-22)26(31)17-12-19-30(36(5,33)34)24-15-10-11-16-25(24)35-4/h7-11,13-16,21,23H,6,12,17-20H2,1-5H3,(H,28,32)/t23-/m0/s1. The smallest absolute Gasteiger partial charge is 0.242 e. The quantitative estimate of drug-likeness (QED) is 0.413. The average molecular weight is 518 g/mol. The molecule has 0 aliphatic rings. The van der Waals surface area contributed by atoms with Gasteiger partial charge in [0.2, 0.25) is 21.8 Å². The van der Waals surface area contributed by atoms with Gasteiger partial charge in [0.15, 0.2) is 0 Å². The fourth-order valence-electron chi connectivity index (χ4n) is 4.09. The number of para-hydroxylation sites is 2. The van der Waals surface area contributed by atoms with Crippen LogP contribution in [0.3, 0.4) is 0 Å². The van der Waals surface area contributed by atoms with Crippen molar-refractivity contribution in [2.75, 3.05) is 30.8 Å². The van der Waals surface area contributed by atoms with Crippen LogP contribution >= 0.6 is 0 Å². The minimum atomic E-state index is -3.60. The van der Waals surface area contributed by atoms with Crippen molar-refractivity contribution < 1.29 is 22.7 Å². The maximum Gasteiger partial charge on any atom is 0.242 e. The van der Waals surface area contributed by atoms with Gasteiger partial charge in [-0.15, -0.1) is 0 Å². The first kappa shape index (κ1) is 29.2. The van der Waals surface area contributed by atoms with Gasteiger partial charge in [-0.3, -0.25) is 13.9 Å². The van der Waals surface area contributed by atoms with Crippen molar-refractivity contribution >= 4 is 27.5 Å². The molecule has 2 aromatic rings. The number of hydrogen-bond acceptors (Lipinski definition) is 5. The van der Waals surface area contributed by atoms with E-state index in [9.17, 15) is 18.0 Å². The molecule has 0 aliphatic carbocycles. The summed E-state index contributed by atoms with van der Waals surface area (Å²) in [5.74, 6) is 0.0843. The van der Waals surface area contributed by atoms with Gasteiger partial charge < -0.3 is 15.0 Å². The second-order valence-corrected chi connectivity index (χ2v) is 10.9. The Kier molecular flexibility index (Phi) is 11.2. The molecule has 2 amide bonds. The maximum atomic E-state index is 13.4. The Bertz CT molecular complexity index is 1090. The molecule has 1 atom stereocenters. The number of rotatable bonds is 14. The van der Waals surface area contributed by atoms with Crippen LogP contribution in [-0.4, -0.2) is 63.7 Å². The highest BCUT2D eigenvalue weighted by Crippen LogP contribution is 2.29. The molecule has 0 saturated heterocycles. The highest BCUT2D eigenvalue weighted by atomic mass is 32.2. The zero-order chi connectivity index (χ0) is 26.7. The van der Waals surface area contributed by atoms with Crippen molar-refractivity contribution in [1.29, 1.82) is 0 Å². The van der Waals surface area contributed by atoms with E-state index in [1.54, 1.807) is 29.2 Å². The molecule has 0 bridgehead atoms. The van der Waals surface area contributed by atoms with Crippen molar-refractivity contribution in [3.63, 3.8) is 0 Å². The molecule has 0 radical (unpaired) electrons. The van der Waals surface area contributed by atoms with Crippen LogP contribution in [0.4, 0.5) is 5.69 Å².